The SMILES string of the molecule is Cc1cc(C(=O)NC(C)c2ncc(C)s2)cc(Cl)n1. The van der Waals surface area contributed by atoms with E-state index in [2.05, 4.69) is 15.3 Å². The van der Waals surface area contributed by atoms with Crippen LogP contribution < -0.4 is 5.32 Å². The van der Waals surface area contributed by atoms with Crippen molar-refractivity contribution in [2.45, 2.75) is 26.8 Å². The monoisotopic (exact) mass is 295 g/mol. The third kappa shape index (κ3) is 3.52. The van der Waals surface area contributed by atoms with Gasteiger partial charge in [-0.05, 0) is 32.9 Å². The number of hydrogen-bond acceptors (Lipinski definition) is 4. The molecule has 2 aromatic rings. The lowest BCUT2D eigenvalue weighted by Gasteiger charge is -2.11. The van der Waals surface area contributed by atoms with E-state index in [-0.39, 0.29) is 11.9 Å². The Labute approximate surface area is 120 Å². The maximum atomic E-state index is 12.1. The quantitative estimate of drug-likeness (QED) is 0.884. The summed E-state index contributed by atoms with van der Waals surface area (Å²) in [5, 5.41) is 4.12. The molecular weight excluding hydrogens is 282 g/mol. The predicted molar refractivity (Wildman–Crippen MR) is 76.7 cm³/mol. The number of carbonyl (C=O) groups excluding carboxylic acids is 1. The van der Waals surface area contributed by atoms with Gasteiger partial charge in [0.15, 0.2) is 0 Å². The van der Waals surface area contributed by atoms with E-state index in [9.17, 15) is 4.79 Å². The van der Waals surface area contributed by atoms with Crippen LogP contribution in [-0.2, 0) is 0 Å². The van der Waals surface area contributed by atoms with Gasteiger partial charge in [-0.25, -0.2) is 9.97 Å². The van der Waals surface area contributed by atoms with E-state index in [1.807, 2.05) is 13.8 Å². The summed E-state index contributed by atoms with van der Waals surface area (Å²) in [6.07, 6.45) is 1.80. The summed E-state index contributed by atoms with van der Waals surface area (Å²) in [6.45, 7) is 5.70. The van der Waals surface area contributed by atoms with E-state index in [1.165, 1.54) is 0 Å². The zero-order valence-corrected chi connectivity index (χ0v) is 12.5. The Bertz CT molecular complexity index is 591. The summed E-state index contributed by atoms with van der Waals surface area (Å²) in [5.41, 5.74) is 1.23. The van der Waals surface area contributed by atoms with E-state index in [4.69, 9.17) is 11.6 Å². The molecule has 0 aromatic carbocycles. The van der Waals surface area contributed by atoms with Crippen LogP contribution in [0.15, 0.2) is 18.3 Å². The summed E-state index contributed by atoms with van der Waals surface area (Å²) in [7, 11) is 0. The average molecular weight is 296 g/mol. The molecule has 0 spiro atoms. The van der Waals surface area contributed by atoms with Crippen molar-refractivity contribution in [3.8, 4) is 0 Å². The normalized spacial score (nSPS) is 12.2. The molecule has 1 atom stereocenters. The van der Waals surface area contributed by atoms with Crippen molar-refractivity contribution < 1.29 is 4.79 Å². The first-order valence-corrected chi connectivity index (χ1v) is 7.02. The molecule has 19 heavy (non-hydrogen) atoms. The molecule has 0 aliphatic heterocycles. The van der Waals surface area contributed by atoms with Crippen molar-refractivity contribution >= 4 is 28.8 Å². The molecule has 1 unspecified atom stereocenters. The van der Waals surface area contributed by atoms with Gasteiger partial charge in [0.1, 0.15) is 10.2 Å². The zero-order chi connectivity index (χ0) is 14.0. The van der Waals surface area contributed by atoms with Crippen molar-refractivity contribution in [2.75, 3.05) is 0 Å². The van der Waals surface area contributed by atoms with Crippen LogP contribution in [0.2, 0.25) is 5.15 Å². The molecule has 4 nitrogen and oxygen atoms in total. The van der Waals surface area contributed by atoms with E-state index in [1.54, 1.807) is 36.6 Å². The Balaban J connectivity index is 2.12. The van der Waals surface area contributed by atoms with E-state index < -0.39 is 0 Å². The second-order valence-corrected chi connectivity index (χ2v) is 5.98. The van der Waals surface area contributed by atoms with Gasteiger partial charge in [0.2, 0.25) is 0 Å². The number of aromatic nitrogens is 2. The molecule has 0 aliphatic rings. The Morgan fingerprint density at radius 2 is 2.16 bits per heavy atom. The van der Waals surface area contributed by atoms with Crippen LogP contribution in [-0.4, -0.2) is 15.9 Å². The van der Waals surface area contributed by atoms with Gasteiger partial charge in [0.25, 0.3) is 5.91 Å². The van der Waals surface area contributed by atoms with Crippen molar-refractivity contribution in [1.82, 2.24) is 15.3 Å². The Morgan fingerprint density at radius 3 is 2.74 bits per heavy atom. The average Bonchev–Trinajstić information content (AvgIpc) is 2.74. The molecule has 0 bridgehead atoms. The van der Waals surface area contributed by atoms with Gasteiger partial charge in [0, 0.05) is 22.3 Å². The molecule has 1 N–H and O–H groups in total. The molecule has 0 saturated heterocycles. The van der Waals surface area contributed by atoms with Gasteiger partial charge in [-0.1, -0.05) is 11.6 Å². The summed E-state index contributed by atoms with van der Waals surface area (Å²) in [6, 6.07) is 3.14. The molecule has 0 aliphatic carbocycles. The molecule has 2 aromatic heterocycles. The van der Waals surface area contributed by atoms with Gasteiger partial charge < -0.3 is 5.32 Å². The summed E-state index contributed by atoms with van der Waals surface area (Å²) in [5.74, 6) is -0.173. The third-order valence-electron chi connectivity index (χ3n) is 2.54. The lowest BCUT2D eigenvalue weighted by Crippen LogP contribution is -2.26. The third-order valence-corrected chi connectivity index (χ3v) is 3.83. The summed E-state index contributed by atoms with van der Waals surface area (Å²) < 4.78 is 0. The van der Waals surface area contributed by atoms with Crippen LogP contribution in [0.25, 0.3) is 0 Å². The number of carbonyl (C=O) groups is 1. The van der Waals surface area contributed by atoms with Crippen LogP contribution in [0.1, 0.15) is 38.9 Å². The molecular formula is C13H14ClN3OS. The maximum absolute atomic E-state index is 12.1. The van der Waals surface area contributed by atoms with Crippen LogP contribution in [0, 0.1) is 13.8 Å². The number of amides is 1. The molecule has 2 heterocycles. The van der Waals surface area contributed by atoms with Gasteiger partial charge in [-0.2, -0.15) is 0 Å². The minimum Gasteiger partial charge on any atom is -0.343 e. The van der Waals surface area contributed by atoms with Crippen LogP contribution in [0.5, 0.6) is 0 Å². The fourth-order valence-electron chi connectivity index (χ4n) is 1.67. The largest absolute Gasteiger partial charge is 0.343 e. The van der Waals surface area contributed by atoms with Crippen molar-refractivity contribution in [3.05, 3.63) is 44.6 Å². The second kappa shape index (κ2) is 5.67. The van der Waals surface area contributed by atoms with Gasteiger partial charge in [-0.15, -0.1) is 11.3 Å². The predicted octanol–water partition coefficient (Wildman–Crippen LogP) is 3.30. The van der Waals surface area contributed by atoms with Crippen LogP contribution in [0.4, 0.5) is 0 Å². The number of aryl methyl sites for hydroxylation is 2. The Hall–Kier alpha value is -1.46. The number of rotatable bonds is 3. The van der Waals surface area contributed by atoms with Gasteiger partial charge in [0.05, 0.1) is 6.04 Å². The molecule has 6 heteroatoms. The number of nitrogens with zero attached hydrogens (tertiary/aromatic N) is 2. The lowest BCUT2D eigenvalue weighted by molar-refractivity contribution is 0.0939. The first-order chi connectivity index (χ1) is 8.95. The zero-order valence-electron chi connectivity index (χ0n) is 10.9. The van der Waals surface area contributed by atoms with Crippen LogP contribution >= 0.6 is 22.9 Å². The van der Waals surface area contributed by atoms with Crippen LogP contribution in [0.3, 0.4) is 0 Å². The highest BCUT2D eigenvalue weighted by Gasteiger charge is 2.14. The molecule has 1 amide bonds. The Morgan fingerprint density at radius 1 is 1.42 bits per heavy atom. The summed E-state index contributed by atoms with van der Waals surface area (Å²) in [4.78, 5) is 21.5. The highest BCUT2D eigenvalue weighted by Crippen LogP contribution is 2.19. The van der Waals surface area contributed by atoms with E-state index in [0.29, 0.717) is 10.7 Å². The second-order valence-electron chi connectivity index (χ2n) is 4.32. The number of thiazole rings is 1. The lowest BCUT2D eigenvalue weighted by atomic mass is 10.2. The number of hydrogen-bond donors (Lipinski definition) is 1. The minimum absolute atomic E-state index is 0.126. The summed E-state index contributed by atoms with van der Waals surface area (Å²) >= 11 is 7.42. The molecule has 100 valence electrons. The Kier molecular flexibility index (Phi) is 4.17. The molecule has 0 fully saturated rings. The smallest absolute Gasteiger partial charge is 0.252 e. The topological polar surface area (TPSA) is 54.9 Å². The minimum atomic E-state index is -0.173. The van der Waals surface area contributed by atoms with Gasteiger partial charge in [-0.3, -0.25) is 4.79 Å². The highest BCUT2D eigenvalue weighted by molar-refractivity contribution is 7.11. The van der Waals surface area contributed by atoms with Crippen molar-refractivity contribution in [3.63, 3.8) is 0 Å². The standard InChI is InChI=1S/C13H14ClN3OS/c1-7-4-10(5-11(14)16-7)12(18)17-9(3)13-15-6-8(2)19-13/h4-6,9H,1-3H3,(H,17,18). The fourth-order valence-corrected chi connectivity index (χ4v) is 2.70. The van der Waals surface area contributed by atoms with Crippen molar-refractivity contribution in [1.29, 1.82) is 0 Å². The fraction of sp³-hybridized carbons (Fsp3) is 0.308. The highest BCUT2D eigenvalue weighted by atomic mass is 35.5. The molecule has 2 rings (SSSR count). The molecule has 0 radical (unpaired) electrons. The number of nitrogens with one attached hydrogen (secondary N) is 1. The number of halogens is 1. The van der Waals surface area contributed by atoms with Gasteiger partial charge >= 0.3 is 0 Å². The van der Waals surface area contributed by atoms with Crippen molar-refractivity contribution in [2.24, 2.45) is 0 Å². The van der Waals surface area contributed by atoms with E-state index in [0.717, 1.165) is 15.6 Å². The first kappa shape index (κ1) is 14.0. The maximum Gasteiger partial charge on any atom is 0.252 e. The first-order valence-electron chi connectivity index (χ1n) is 5.83. The van der Waals surface area contributed by atoms with E-state index >= 15 is 0 Å². The molecule has 0 saturated carbocycles. The number of pyridine rings is 1.